The highest BCUT2D eigenvalue weighted by atomic mass is 35.5. The molecule has 0 aliphatic heterocycles. The number of fused-ring (bicyclic) bond motifs is 3. The number of rotatable bonds is 5. The van der Waals surface area contributed by atoms with Crippen LogP contribution in [0.3, 0.4) is 0 Å². The summed E-state index contributed by atoms with van der Waals surface area (Å²) in [6.07, 6.45) is 3.05. The van der Waals surface area contributed by atoms with Gasteiger partial charge in [0, 0.05) is 15.5 Å². The first-order valence-corrected chi connectivity index (χ1v) is 12.3. The van der Waals surface area contributed by atoms with Crippen molar-refractivity contribution in [3.63, 3.8) is 0 Å². The van der Waals surface area contributed by atoms with Gasteiger partial charge in [0.15, 0.2) is 0 Å². The molecular formula is C24H19ClN2O2S2. The molecule has 7 heteroatoms. The summed E-state index contributed by atoms with van der Waals surface area (Å²) in [5.74, 6) is 0.969. The zero-order chi connectivity index (χ0) is 21.4. The van der Waals surface area contributed by atoms with Crippen molar-refractivity contribution in [2.24, 2.45) is 0 Å². The van der Waals surface area contributed by atoms with E-state index in [1.54, 1.807) is 23.5 Å². The van der Waals surface area contributed by atoms with E-state index in [1.807, 2.05) is 42.5 Å². The monoisotopic (exact) mass is 466 g/mol. The fourth-order valence-corrected chi connectivity index (χ4v) is 6.29. The number of aromatic nitrogens is 2. The molecule has 0 radical (unpaired) electrons. The van der Waals surface area contributed by atoms with Gasteiger partial charge >= 0.3 is 0 Å². The lowest BCUT2D eigenvalue weighted by molar-refractivity contribution is 0.108. The number of carbonyl (C=O) groups is 1. The molecule has 4 nitrogen and oxygen atoms in total. The largest absolute Gasteiger partial charge is 0.316 e. The topological polar surface area (TPSA) is 52.0 Å². The van der Waals surface area contributed by atoms with Gasteiger partial charge in [0.1, 0.15) is 10.7 Å². The Hall–Kier alpha value is -2.41. The summed E-state index contributed by atoms with van der Waals surface area (Å²) >= 11 is 8.93. The molecule has 1 aliphatic carbocycles. The first-order chi connectivity index (χ1) is 15.1. The average Bonchev–Trinajstić information content (AvgIpc) is 3.38. The first kappa shape index (κ1) is 20.5. The Morgan fingerprint density at radius 3 is 2.65 bits per heavy atom. The predicted octanol–water partition coefficient (Wildman–Crippen LogP) is 5.72. The van der Waals surface area contributed by atoms with Crippen LogP contribution in [-0.2, 0) is 25.1 Å². The summed E-state index contributed by atoms with van der Waals surface area (Å²) in [4.78, 5) is 32.3. The van der Waals surface area contributed by atoms with Crippen LogP contribution in [-0.4, -0.2) is 14.7 Å². The summed E-state index contributed by atoms with van der Waals surface area (Å²) in [5, 5.41) is 1.42. The third-order valence-electron chi connectivity index (χ3n) is 5.50. The van der Waals surface area contributed by atoms with Gasteiger partial charge in [-0.1, -0.05) is 65.8 Å². The zero-order valence-electron chi connectivity index (χ0n) is 16.6. The highest BCUT2D eigenvalue weighted by Gasteiger charge is 2.24. The number of thiophene rings is 1. The summed E-state index contributed by atoms with van der Waals surface area (Å²) < 4.78 is 2.11. The molecular weight excluding hydrogens is 448 g/mol. The normalized spacial score (nSPS) is 12.9. The Morgan fingerprint density at radius 2 is 1.87 bits per heavy atom. The Bertz CT molecular complexity index is 1330. The van der Waals surface area contributed by atoms with Crippen LogP contribution >= 0.6 is 34.7 Å². The summed E-state index contributed by atoms with van der Waals surface area (Å²) in [6.45, 7) is 0.579. The highest BCUT2D eigenvalue weighted by Crippen LogP contribution is 2.36. The van der Waals surface area contributed by atoms with Crippen molar-refractivity contribution in [1.29, 1.82) is 0 Å². The molecule has 0 saturated heterocycles. The molecule has 0 N–H and O–H groups in total. The average molecular weight is 467 g/mol. The third kappa shape index (κ3) is 4.07. The molecule has 0 atom stereocenters. The molecule has 5 rings (SSSR count). The van der Waals surface area contributed by atoms with Crippen molar-refractivity contribution in [3.05, 3.63) is 97.4 Å². The lowest BCUT2D eigenvalue weighted by Crippen LogP contribution is -2.19. The second kappa shape index (κ2) is 8.61. The first-order valence-electron chi connectivity index (χ1n) is 10.1. The third-order valence-corrected chi connectivity index (χ3v) is 7.97. The van der Waals surface area contributed by atoms with Gasteiger partial charge in [-0.05, 0) is 42.5 Å². The molecule has 0 unspecified atom stereocenters. The van der Waals surface area contributed by atoms with E-state index in [9.17, 15) is 9.59 Å². The Labute approximate surface area is 192 Å². The minimum absolute atomic E-state index is 0.0262. The van der Waals surface area contributed by atoms with Gasteiger partial charge in [-0.3, -0.25) is 9.59 Å². The molecule has 0 saturated carbocycles. The number of halogens is 1. The van der Waals surface area contributed by atoms with Crippen LogP contribution in [0.1, 0.15) is 38.6 Å². The smallest absolute Gasteiger partial charge is 0.281 e. The van der Waals surface area contributed by atoms with Gasteiger partial charge in [-0.2, -0.15) is 4.98 Å². The van der Waals surface area contributed by atoms with Crippen molar-refractivity contribution >= 4 is 50.0 Å². The molecule has 0 amide bonds. The number of hydrogen-bond donors (Lipinski definition) is 0. The van der Waals surface area contributed by atoms with E-state index in [4.69, 9.17) is 11.6 Å². The Kier molecular flexibility index (Phi) is 5.69. The van der Waals surface area contributed by atoms with Crippen molar-refractivity contribution in [1.82, 2.24) is 9.55 Å². The van der Waals surface area contributed by atoms with Crippen LogP contribution in [0.4, 0.5) is 0 Å². The maximum atomic E-state index is 13.0. The number of carbonyl (C=O) groups excluding carboxylic acids is 1. The predicted molar refractivity (Wildman–Crippen MR) is 129 cm³/mol. The molecule has 156 valence electrons. The summed E-state index contributed by atoms with van der Waals surface area (Å²) in [5.41, 5.74) is 2.71. The van der Waals surface area contributed by atoms with E-state index in [0.29, 0.717) is 28.7 Å². The number of nitrogens with zero attached hydrogens (tertiary/aromatic N) is 2. The fourth-order valence-electron chi connectivity index (χ4n) is 3.98. The Morgan fingerprint density at radius 1 is 1.10 bits per heavy atom. The second-order valence-corrected chi connectivity index (χ2v) is 9.99. The summed E-state index contributed by atoms with van der Waals surface area (Å²) in [6, 6.07) is 16.9. The van der Waals surface area contributed by atoms with E-state index in [0.717, 1.165) is 35.0 Å². The Balaban J connectivity index is 1.55. The molecule has 2 aromatic carbocycles. The summed E-state index contributed by atoms with van der Waals surface area (Å²) in [7, 11) is 0. The van der Waals surface area contributed by atoms with E-state index >= 15 is 0 Å². The van der Waals surface area contributed by atoms with Crippen LogP contribution < -0.4 is 5.56 Å². The van der Waals surface area contributed by atoms with Crippen LogP contribution in [0.5, 0.6) is 0 Å². The highest BCUT2D eigenvalue weighted by molar-refractivity contribution is 8.13. The molecule has 31 heavy (non-hydrogen) atoms. The standard InChI is InChI=1S/C24H19ClN2O2S2/c25-17-11-9-15(10-12-17)13-27-20(14-30-24(29)16-5-2-1-3-6-16)26-22(28)21-18-7-4-8-19(18)31-23(21)27/h1-3,5-6,9-12H,4,7-8,13-14H2. The molecule has 4 aromatic rings. The van der Waals surface area contributed by atoms with Gasteiger partial charge in [-0.25, -0.2) is 0 Å². The van der Waals surface area contributed by atoms with Crippen molar-refractivity contribution in [2.75, 3.05) is 0 Å². The second-order valence-electron chi connectivity index (χ2n) is 7.53. The zero-order valence-corrected chi connectivity index (χ0v) is 19.0. The maximum Gasteiger partial charge on any atom is 0.281 e. The fraction of sp³-hybridized carbons (Fsp3) is 0.208. The van der Waals surface area contributed by atoms with E-state index in [2.05, 4.69) is 9.55 Å². The number of thioether (sulfide) groups is 1. The van der Waals surface area contributed by atoms with E-state index in [1.165, 1.54) is 22.2 Å². The van der Waals surface area contributed by atoms with Gasteiger partial charge in [-0.15, -0.1) is 11.3 Å². The number of hydrogen-bond acceptors (Lipinski definition) is 5. The molecule has 0 spiro atoms. The minimum atomic E-state index is -0.176. The van der Waals surface area contributed by atoms with Crippen LogP contribution in [0.25, 0.3) is 10.2 Å². The van der Waals surface area contributed by atoms with E-state index < -0.39 is 0 Å². The van der Waals surface area contributed by atoms with Crippen LogP contribution in [0, 0.1) is 0 Å². The lowest BCUT2D eigenvalue weighted by atomic mass is 10.2. The number of aryl methyl sites for hydroxylation is 2. The molecule has 2 heterocycles. The van der Waals surface area contributed by atoms with Crippen LogP contribution in [0.15, 0.2) is 59.4 Å². The molecule has 0 bridgehead atoms. The van der Waals surface area contributed by atoms with E-state index in [-0.39, 0.29) is 10.7 Å². The molecule has 2 aromatic heterocycles. The quantitative estimate of drug-likeness (QED) is 0.377. The van der Waals surface area contributed by atoms with Crippen molar-refractivity contribution < 1.29 is 4.79 Å². The van der Waals surface area contributed by atoms with Gasteiger partial charge in [0.2, 0.25) is 5.12 Å². The van der Waals surface area contributed by atoms with Crippen molar-refractivity contribution in [3.8, 4) is 0 Å². The van der Waals surface area contributed by atoms with Gasteiger partial charge in [0.25, 0.3) is 5.56 Å². The SMILES string of the molecule is O=C(SCc1nc(=O)c2c3c(sc2n1Cc1ccc(Cl)cc1)CCC3)c1ccccc1. The van der Waals surface area contributed by atoms with Gasteiger partial charge in [0.05, 0.1) is 17.7 Å². The molecule has 1 aliphatic rings. The number of benzene rings is 2. The molecule has 0 fully saturated rings. The van der Waals surface area contributed by atoms with Crippen molar-refractivity contribution in [2.45, 2.75) is 31.6 Å². The minimum Gasteiger partial charge on any atom is -0.316 e. The lowest BCUT2D eigenvalue weighted by Gasteiger charge is -2.14. The van der Waals surface area contributed by atoms with Gasteiger partial charge < -0.3 is 4.57 Å². The maximum absolute atomic E-state index is 13.0. The van der Waals surface area contributed by atoms with Crippen LogP contribution in [0.2, 0.25) is 5.02 Å².